The van der Waals surface area contributed by atoms with E-state index in [1.54, 1.807) is 0 Å². The van der Waals surface area contributed by atoms with Gasteiger partial charge in [0.05, 0.1) is 19.7 Å². The standard InChI is InChI=1S/C32H38N3/c1-7-35(8-2)31(28-23-19-26(4)20-24-28)16-12-15-30(27-21-17-25(3)18-22-27)33-32(34(5)6)29-13-10-9-11-14-29/h9-24H,7-8H2,1-6H3/q+1. The van der Waals surface area contributed by atoms with Gasteiger partial charge in [-0.1, -0.05) is 83.9 Å². The molecule has 0 radical (unpaired) electrons. The zero-order valence-electron chi connectivity index (χ0n) is 22.0. The van der Waals surface area contributed by atoms with Gasteiger partial charge in [0.25, 0.3) is 0 Å². The molecule has 0 aliphatic carbocycles. The van der Waals surface area contributed by atoms with Crippen LogP contribution in [-0.4, -0.2) is 48.2 Å². The number of benzene rings is 3. The van der Waals surface area contributed by atoms with Crippen LogP contribution in [0.2, 0.25) is 0 Å². The number of hydrogen-bond acceptors (Lipinski definition) is 1. The van der Waals surface area contributed by atoms with Crippen molar-refractivity contribution in [1.29, 1.82) is 0 Å². The van der Waals surface area contributed by atoms with Gasteiger partial charge in [-0.3, -0.25) is 4.58 Å². The van der Waals surface area contributed by atoms with Crippen molar-refractivity contribution in [3.8, 4) is 0 Å². The van der Waals surface area contributed by atoms with E-state index in [-0.39, 0.29) is 0 Å². The van der Waals surface area contributed by atoms with Crippen LogP contribution in [0.3, 0.4) is 0 Å². The van der Waals surface area contributed by atoms with Crippen molar-refractivity contribution in [1.82, 2.24) is 4.90 Å². The summed E-state index contributed by atoms with van der Waals surface area (Å²) in [6.45, 7) is 10.5. The minimum atomic E-state index is 0.927. The number of hydrogen-bond donors (Lipinski definition) is 0. The lowest BCUT2D eigenvalue weighted by molar-refractivity contribution is -0.464. The summed E-state index contributed by atoms with van der Waals surface area (Å²) in [7, 11) is 4.08. The highest BCUT2D eigenvalue weighted by Crippen LogP contribution is 2.20. The average Bonchev–Trinajstić information content (AvgIpc) is 2.87. The van der Waals surface area contributed by atoms with Crippen LogP contribution in [0.15, 0.2) is 102 Å². The minimum absolute atomic E-state index is 0.927. The zero-order chi connectivity index (χ0) is 25.2. The van der Waals surface area contributed by atoms with Crippen molar-refractivity contribution in [3.63, 3.8) is 0 Å². The molecule has 0 amide bonds. The molecule has 3 heteroatoms. The third-order valence-corrected chi connectivity index (χ3v) is 5.99. The predicted octanol–water partition coefficient (Wildman–Crippen LogP) is 6.75. The van der Waals surface area contributed by atoms with Gasteiger partial charge in [-0.15, -0.1) is 0 Å². The predicted molar refractivity (Wildman–Crippen MR) is 152 cm³/mol. The maximum absolute atomic E-state index is 5.14. The number of rotatable bonds is 8. The Hall–Kier alpha value is -3.72. The first-order valence-corrected chi connectivity index (χ1v) is 12.4. The summed E-state index contributed by atoms with van der Waals surface area (Å²) in [5.41, 5.74) is 8.06. The Morgan fingerprint density at radius 3 is 1.80 bits per heavy atom. The van der Waals surface area contributed by atoms with E-state index >= 15 is 0 Å². The van der Waals surface area contributed by atoms with E-state index in [0.29, 0.717) is 0 Å². The highest BCUT2D eigenvalue weighted by atomic mass is 15.1. The second kappa shape index (κ2) is 12.7. The summed E-state index contributed by atoms with van der Waals surface area (Å²) in [4.78, 5) is 7.53. The summed E-state index contributed by atoms with van der Waals surface area (Å²) < 4.78 is 2.07. The molecular formula is C32H38N3+. The first-order chi connectivity index (χ1) is 16.9. The summed E-state index contributed by atoms with van der Waals surface area (Å²) in [5, 5.41) is 0. The molecule has 0 aromatic heterocycles. The molecule has 0 spiro atoms. The quantitative estimate of drug-likeness (QED) is 0.156. The molecule has 3 nitrogen and oxygen atoms in total. The minimum Gasteiger partial charge on any atom is -0.372 e. The molecule has 0 atom stereocenters. The van der Waals surface area contributed by atoms with Gasteiger partial charge in [0, 0.05) is 24.4 Å². The lowest BCUT2D eigenvalue weighted by atomic mass is 10.1. The van der Waals surface area contributed by atoms with E-state index in [1.807, 2.05) is 20.2 Å². The number of nitrogens with zero attached hydrogens (tertiary/aromatic N) is 3. The van der Waals surface area contributed by atoms with E-state index in [1.165, 1.54) is 22.4 Å². The van der Waals surface area contributed by atoms with Crippen LogP contribution in [-0.2, 0) is 0 Å². The van der Waals surface area contributed by atoms with Crippen molar-refractivity contribution in [3.05, 3.63) is 125 Å². The highest BCUT2D eigenvalue weighted by Gasteiger charge is 2.16. The maximum Gasteiger partial charge on any atom is 0.325 e. The van der Waals surface area contributed by atoms with Crippen LogP contribution < -0.4 is 0 Å². The fourth-order valence-electron chi connectivity index (χ4n) is 3.95. The molecule has 0 N–H and O–H groups in total. The van der Waals surface area contributed by atoms with Crippen molar-refractivity contribution in [2.75, 3.05) is 27.2 Å². The van der Waals surface area contributed by atoms with E-state index in [9.17, 15) is 0 Å². The summed E-state index contributed by atoms with van der Waals surface area (Å²) in [6, 6.07) is 27.7. The third kappa shape index (κ3) is 7.13. The Bertz CT molecular complexity index is 1200. The second-order valence-corrected chi connectivity index (χ2v) is 8.90. The lowest BCUT2D eigenvalue weighted by Gasteiger charge is -2.24. The molecule has 0 saturated carbocycles. The van der Waals surface area contributed by atoms with Gasteiger partial charge >= 0.3 is 5.84 Å². The number of aryl methyl sites for hydroxylation is 2. The molecule has 0 unspecified atom stereocenters. The Balaban J connectivity index is 2.09. The SMILES string of the molecule is CCN(CC)/C(=C\C=C\C(=NC(c1ccccc1)=[N+](C)C)c1ccc(C)cc1)c1ccc(C)cc1. The Morgan fingerprint density at radius 1 is 0.743 bits per heavy atom. The van der Waals surface area contributed by atoms with E-state index in [4.69, 9.17) is 4.99 Å². The third-order valence-electron chi connectivity index (χ3n) is 5.99. The van der Waals surface area contributed by atoms with Gasteiger partial charge in [0.2, 0.25) is 0 Å². The number of amidine groups is 1. The first kappa shape index (κ1) is 25.9. The molecule has 3 rings (SSSR count). The molecule has 180 valence electrons. The number of aliphatic imine (C=N–C) groups is 1. The van der Waals surface area contributed by atoms with Crippen LogP contribution in [0.4, 0.5) is 0 Å². The van der Waals surface area contributed by atoms with Gasteiger partial charge in [-0.2, -0.15) is 0 Å². The van der Waals surface area contributed by atoms with Crippen LogP contribution in [0.25, 0.3) is 5.70 Å². The topological polar surface area (TPSA) is 18.6 Å². The molecule has 3 aromatic carbocycles. The van der Waals surface area contributed by atoms with E-state index in [0.717, 1.165) is 35.8 Å². The number of allylic oxidation sites excluding steroid dienone is 3. The zero-order valence-corrected chi connectivity index (χ0v) is 22.0. The Labute approximate surface area is 211 Å². The second-order valence-electron chi connectivity index (χ2n) is 8.90. The summed E-state index contributed by atoms with van der Waals surface area (Å²) in [6.07, 6.45) is 6.46. The lowest BCUT2D eigenvalue weighted by Crippen LogP contribution is -2.21. The average molecular weight is 465 g/mol. The van der Waals surface area contributed by atoms with Crippen molar-refractivity contribution >= 4 is 17.2 Å². The normalized spacial score (nSPS) is 12.2. The fraction of sp³-hybridized carbons (Fsp3) is 0.250. The molecule has 0 saturated heterocycles. The Morgan fingerprint density at radius 2 is 1.29 bits per heavy atom. The van der Waals surface area contributed by atoms with Crippen molar-refractivity contribution < 1.29 is 4.58 Å². The van der Waals surface area contributed by atoms with Gasteiger partial charge in [0.15, 0.2) is 5.71 Å². The van der Waals surface area contributed by atoms with Gasteiger partial charge in [-0.05, 0) is 62.5 Å². The molecule has 0 aliphatic rings. The molecular weight excluding hydrogens is 426 g/mol. The van der Waals surface area contributed by atoms with E-state index < -0.39 is 0 Å². The van der Waals surface area contributed by atoms with Crippen molar-refractivity contribution in [2.45, 2.75) is 27.7 Å². The fourth-order valence-corrected chi connectivity index (χ4v) is 3.95. The van der Waals surface area contributed by atoms with Crippen molar-refractivity contribution in [2.24, 2.45) is 4.99 Å². The molecule has 0 fully saturated rings. The molecule has 3 aromatic rings. The molecule has 35 heavy (non-hydrogen) atoms. The van der Waals surface area contributed by atoms with Crippen LogP contribution in [0.5, 0.6) is 0 Å². The van der Waals surface area contributed by atoms with Gasteiger partial charge in [-0.25, -0.2) is 0 Å². The molecule has 0 bridgehead atoms. The Kier molecular flexibility index (Phi) is 9.37. The van der Waals surface area contributed by atoms with Crippen LogP contribution in [0, 0.1) is 13.8 Å². The van der Waals surface area contributed by atoms with Crippen LogP contribution >= 0.6 is 0 Å². The monoisotopic (exact) mass is 464 g/mol. The van der Waals surface area contributed by atoms with E-state index in [2.05, 4.69) is 128 Å². The summed E-state index contributed by atoms with van der Waals surface area (Å²) >= 11 is 0. The van der Waals surface area contributed by atoms with Gasteiger partial charge in [0.1, 0.15) is 0 Å². The largest absolute Gasteiger partial charge is 0.372 e. The highest BCUT2D eigenvalue weighted by molar-refractivity contribution is 6.16. The van der Waals surface area contributed by atoms with Crippen LogP contribution in [0.1, 0.15) is 41.7 Å². The smallest absolute Gasteiger partial charge is 0.325 e. The first-order valence-electron chi connectivity index (χ1n) is 12.4. The molecule has 0 heterocycles. The maximum atomic E-state index is 5.14. The summed E-state index contributed by atoms with van der Waals surface area (Å²) in [5.74, 6) is 0.928. The van der Waals surface area contributed by atoms with Gasteiger partial charge < -0.3 is 4.90 Å². The molecule has 0 aliphatic heterocycles.